The molecule has 0 bridgehead atoms. The summed E-state index contributed by atoms with van der Waals surface area (Å²) < 4.78 is 4.95. The number of rotatable bonds is 6. The Morgan fingerprint density at radius 2 is 2.28 bits per heavy atom. The van der Waals surface area contributed by atoms with E-state index in [0.717, 1.165) is 0 Å². The molecule has 0 aromatic heterocycles. The van der Waals surface area contributed by atoms with E-state index in [1.807, 2.05) is 0 Å². The first-order valence-electron chi connectivity index (χ1n) is 6.08. The minimum Gasteiger partial charge on any atom is -0.466 e. The van der Waals surface area contributed by atoms with Gasteiger partial charge in [0, 0.05) is 30.4 Å². The van der Waals surface area contributed by atoms with Gasteiger partial charge in [0.1, 0.15) is 5.78 Å². The lowest BCUT2D eigenvalue weighted by Crippen LogP contribution is -2.32. The molecule has 0 aliphatic heterocycles. The van der Waals surface area contributed by atoms with Gasteiger partial charge in [0.2, 0.25) is 0 Å². The van der Waals surface area contributed by atoms with Crippen molar-refractivity contribution in [1.29, 1.82) is 0 Å². The fourth-order valence-electron chi connectivity index (χ4n) is 2.38. The van der Waals surface area contributed by atoms with Gasteiger partial charge >= 0.3 is 5.97 Å². The Morgan fingerprint density at radius 3 is 2.83 bits per heavy atom. The van der Waals surface area contributed by atoms with E-state index in [0.29, 0.717) is 12.8 Å². The topological polar surface area (TPSA) is 83.8 Å². The maximum absolute atomic E-state index is 11.8. The zero-order valence-electron chi connectivity index (χ0n) is 10.4. The van der Waals surface area contributed by atoms with E-state index in [9.17, 15) is 14.7 Å². The van der Waals surface area contributed by atoms with Gasteiger partial charge in [-0.15, -0.1) is 0 Å². The number of aliphatic hydroxyl groups excluding tert-OH is 2. The smallest absolute Gasteiger partial charge is 0.302 e. The predicted molar refractivity (Wildman–Crippen MR) is 68.3 cm³/mol. The number of carbonyl (C=O) groups excluding carboxylic acids is 2. The van der Waals surface area contributed by atoms with Crippen molar-refractivity contribution in [1.82, 2.24) is 0 Å². The second-order valence-electron chi connectivity index (χ2n) is 4.73. The van der Waals surface area contributed by atoms with Crippen LogP contribution < -0.4 is 0 Å². The molecule has 1 saturated carbocycles. The Kier molecular flexibility index (Phi) is 6.11. The molecule has 0 heterocycles. The first-order valence-corrected chi connectivity index (χ1v) is 6.60. The van der Waals surface area contributed by atoms with Crippen LogP contribution in [0.5, 0.6) is 0 Å². The molecule has 0 saturated heterocycles. The molecule has 104 valence electrons. The normalized spacial score (nSPS) is 27.0. The predicted octanol–water partition coefficient (Wildman–Crippen LogP) is 0.187. The average Bonchev–Trinajstić information content (AvgIpc) is 2.67. The van der Waals surface area contributed by atoms with Crippen LogP contribution in [0.15, 0.2) is 0 Å². The van der Waals surface area contributed by atoms with Crippen LogP contribution in [0.3, 0.4) is 0 Å². The average molecular weight is 276 g/mol. The molecule has 1 aliphatic carbocycles. The lowest BCUT2D eigenvalue weighted by molar-refractivity contribution is -0.143. The molecule has 1 aliphatic rings. The molecule has 18 heavy (non-hydrogen) atoms. The van der Waals surface area contributed by atoms with Crippen molar-refractivity contribution in [3.8, 4) is 0 Å². The van der Waals surface area contributed by atoms with Gasteiger partial charge in [-0.1, -0.05) is 0 Å². The largest absolute Gasteiger partial charge is 0.466 e. The number of hydrogen-bond donors (Lipinski definition) is 3. The van der Waals surface area contributed by atoms with Gasteiger partial charge in [-0.2, -0.15) is 12.6 Å². The third kappa shape index (κ3) is 4.26. The number of thiol groups is 1. The molecule has 1 rings (SSSR count). The van der Waals surface area contributed by atoms with Gasteiger partial charge in [0.05, 0.1) is 19.3 Å². The third-order valence-corrected chi connectivity index (χ3v) is 3.81. The van der Waals surface area contributed by atoms with Crippen LogP contribution in [-0.4, -0.2) is 46.5 Å². The van der Waals surface area contributed by atoms with Crippen molar-refractivity contribution in [2.75, 3.05) is 13.2 Å². The van der Waals surface area contributed by atoms with Gasteiger partial charge < -0.3 is 14.9 Å². The highest BCUT2D eigenvalue weighted by molar-refractivity contribution is 7.81. The van der Waals surface area contributed by atoms with E-state index in [2.05, 4.69) is 12.6 Å². The van der Waals surface area contributed by atoms with E-state index in [1.165, 1.54) is 6.92 Å². The maximum Gasteiger partial charge on any atom is 0.302 e. The Balaban J connectivity index is 2.57. The molecule has 0 spiro atoms. The molecule has 2 N–H and O–H groups in total. The summed E-state index contributed by atoms with van der Waals surface area (Å²) in [6.07, 6.45) is 0.536. The molecule has 5 nitrogen and oxygen atoms in total. The summed E-state index contributed by atoms with van der Waals surface area (Å²) in [5.74, 6) is -0.611. The van der Waals surface area contributed by atoms with Crippen LogP contribution >= 0.6 is 12.6 Å². The fraction of sp³-hybridized carbons (Fsp3) is 0.833. The molecule has 1 fully saturated rings. The standard InChI is InChI=1S/C12H20O5S/c1-7(14)17-6-8-2-3-10(16)12(8)11(18)4-9(15)5-13/h8-9,11-13,15,18H,2-6H2,1H3/t8-,9-,11?,12-/m0/s1. The molecule has 4 atom stereocenters. The highest BCUT2D eigenvalue weighted by atomic mass is 32.1. The molecule has 0 aromatic rings. The van der Waals surface area contributed by atoms with Crippen molar-refractivity contribution >= 4 is 24.4 Å². The summed E-state index contributed by atoms with van der Waals surface area (Å²) in [5.41, 5.74) is 0. The van der Waals surface area contributed by atoms with Gasteiger partial charge in [-0.05, 0) is 12.8 Å². The summed E-state index contributed by atoms with van der Waals surface area (Å²) in [6, 6.07) is 0. The first kappa shape index (κ1) is 15.5. The second kappa shape index (κ2) is 7.11. The molecule has 0 amide bonds. The summed E-state index contributed by atoms with van der Waals surface area (Å²) in [5, 5.41) is 17.9. The Labute approximate surface area is 112 Å². The molecular weight excluding hydrogens is 256 g/mol. The van der Waals surface area contributed by atoms with E-state index in [4.69, 9.17) is 9.84 Å². The minimum atomic E-state index is -0.865. The molecule has 0 aromatic carbocycles. The van der Waals surface area contributed by atoms with E-state index >= 15 is 0 Å². The van der Waals surface area contributed by atoms with Crippen molar-refractivity contribution in [2.45, 2.75) is 37.5 Å². The summed E-state index contributed by atoms with van der Waals surface area (Å²) in [6.45, 7) is 1.21. The van der Waals surface area contributed by atoms with Crippen molar-refractivity contribution in [3.05, 3.63) is 0 Å². The van der Waals surface area contributed by atoms with Crippen molar-refractivity contribution in [2.24, 2.45) is 11.8 Å². The Hall–Kier alpha value is -0.590. The van der Waals surface area contributed by atoms with Crippen molar-refractivity contribution in [3.63, 3.8) is 0 Å². The first-order chi connectivity index (χ1) is 8.45. The van der Waals surface area contributed by atoms with Crippen molar-refractivity contribution < 1.29 is 24.5 Å². The minimum absolute atomic E-state index is 0.0326. The number of aliphatic hydroxyl groups is 2. The summed E-state index contributed by atoms with van der Waals surface area (Å²) in [4.78, 5) is 22.6. The number of hydrogen-bond acceptors (Lipinski definition) is 6. The zero-order chi connectivity index (χ0) is 13.7. The molecule has 1 unspecified atom stereocenters. The monoisotopic (exact) mass is 276 g/mol. The SMILES string of the molecule is CC(=O)OC[C@@H]1CCC(=O)[C@H]1C(S)C[C@H](O)CO. The van der Waals surface area contributed by atoms with Gasteiger partial charge in [0.25, 0.3) is 0 Å². The van der Waals surface area contributed by atoms with Crippen LogP contribution in [0.2, 0.25) is 0 Å². The molecule has 0 radical (unpaired) electrons. The number of esters is 1. The van der Waals surface area contributed by atoms with Gasteiger partial charge in [0.15, 0.2) is 0 Å². The number of ketones is 1. The number of Topliss-reactive ketones (excluding diaryl/α,β-unsaturated/α-hetero) is 1. The fourth-order valence-corrected chi connectivity index (χ4v) is 3.03. The van der Waals surface area contributed by atoms with Crippen LogP contribution in [0.4, 0.5) is 0 Å². The Bertz CT molecular complexity index is 307. The lowest BCUT2D eigenvalue weighted by atomic mass is 9.90. The van der Waals surface area contributed by atoms with Crippen LogP contribution in [-0.2, 0) is 14.3 Å². The third-order valence-electron chi connectivity index (χ3n) is 3.28. The van der Waals surface area contributed by atoms with E-state index in [1.54, 1.807) is 0 Å². The Morgan fingerprint density at radius 1 is 1.61 bits per heavy atom. The highest BCUT2D eigenvalue weighted by Gasteiger charge is 2.39. The molecular formula is C12H20O5S. The van der Waals surface area contributed by atoms with Crippen LogP contribution in [0.25, 0.3) is 0 Å². The number of ether oxygens (including phenoxy) is 1. The quantitative estimate of drug-likeness (QED) is 0.476. The summed E-state index contributed by atoms with van der Waals surface area (Å²) >= 11 is 4.35. The second-order valence-corrected chi connectivity index (χ2v) is 5.40. The molecule has 6 heteroatoms. The highest BCUT2D eigenvalue weighted by Crippen LogP contribution is 2.35. The van der Waals surface area contributed by atoms with Gasteiger partial charge in [-0.25, -0.2) is 0 Å². The summed E-state index contributed by atoms with van der Waals surface area (Å²) in [7, 11) is 0. The van der Waals surface area contributed by atoms with E-state index in [-0.39, 0.29) is 48.5 Å². The maximum atomic E-state index is 11.8. The lowest BCUT2D eigenvalue weighted by Gasteiger charge is -2.24. The van der Waals surface area contributed by atoms with E-state index < -0.39 is 6.10 Å². The van der Waals surface area contributed by atoms with Crippen LogP contribution in [0, 0.1) is 11.8 Å². The van der Waals surface area contributed by atoms with Gasteiger partial charge in [-0.3, -0.25) is 9.59 Å². The zero-order valence-corrected chi connectivity index (χ0v) is 11.3. The number of carbonyl (C=O) groups is 2. The van der Waals surface area contributed by atoms with Crippen LogP contribution in [0.1, 0.15) is 26.2 Å².